The first kappa shape index (κ1) is 269. The van der Waals surface area contributed by atoms with E-state index >= 15 is 0 Å². The smallest absolute Gasteiger partial charge is 0 e. The summed E-state index contributed by atoms with van der Waals surface area (Å²) in [5.41, 5.74) is 19.6. The van der Waals surface area contributed by atoms with Crippen LogP contribution in [0.1, 0.15) is 0 Å². The quantitative estimate of drug-likeness (QED) is 0.0793. The molecule has 1 rings (SSSR count). The maximum Gasteiger partial charge on any atom is 0 e. The van der Waals surface area contributed by atoms with E-state index in [1.54, 1.807) is 0 Å². The average molecular weight is 4630 g/mol. The molecule has 4 radical (unpaired) electrons. The third-order valence-corrected chi connectivity index (χ3v) is 93.6. The summed E-state index contributed by atoms with van der Waals surface area (Å²) in [6.45, 7) is 2.39. The average Bonchev–Trinajstić information content (AvgIpc) is 2.62. The Labute approximate surface area is 710 Å². The molecule has 0 aromatic heterocycles. The van der Waals surface area contributed by atoms with Crippen LogP contribution >= 0.6 is 16.3 Å². The summed E-state index contributed by atoms with van der Waals surface area (Å²) in [5, 5.41) is 0. The number of rotatable bonds is 8. The van der Waals surface area contributed by atoms with Gasteiger partial charge >= 0.3 is 261 Å². The van der Waals surface area contributed by atoms with Gasteiger partial charge in [-0.25, -0.2) is 0 Å². The van der Waals surface area contributed by atoms with Crippen LogP contribution in [-0.4, -0.2) is 256 Å². The molecular formula is C4H80Cu4N4O63P2W17-4. The molecular weight excluding hydrogens is 4550 g/mol. The van der Waals surface area contributed by atoms with Crippen LogP contribution in [-0.2, 0) is 428 Å². The topological polar surface area (TPSA) is 1510 Å². The van der Waals surface area contributed by atoms with Crippen LogP contribution in [0.4, 0.5) is 0 Å². The molecule has 0 bridgehead atoms. The van der Waals surface area contributed by atoms with Crippen molar-refractivity contribution in [3.05, 3.63) is 0 Å². The third-order valence-electron chi connectivity index (χ3n) is 1.72. The van der Waals surface area contributed by atoms with E-state index in [9.17, 15) is 31.7 Å². The van der Waals surface area contributed by atoms with Gasteiger partial charge in [0.25, 0.3) is 0 Å². The Balaban J connectivity index is -0.0000000105. The van der Waals surface area contributed by atoms with E-state index in [1.165, 1.54) is 0 Å². The Hall–Kier alpha value is 10.7. The maximum absolute atomic E-state index is 12.2. The second-order valence-corrected chi connectivity index (χ2v) is 80.6. The van der Waals surface area contributed by atoms with Crippen molar-refractivity contribution in [1.82, 2.24) is 0 Å². The standard InChI is InChI=1S/2C2H8N2.4Cu.2H4O4P.41H2O.14O.17W/c2*3-1-2-4;;;;;2*1-5(2,3)4;;;;;;;;;;;;;;;;;;;;;;;;;;;;;;;;;;;;;;;;;;;;;;;;;;;;;;;;;;;;;;;;;;;;;;;;/h2*1-4H2;;;;;2*1-4H;41*1H2;;;;;;;;;;;;;;;;;;;;;;;;;;;;;;;/q;;;;;;2*+1;;;;;;;;;;;;;;;;;;;;;;;;;;;;;;;;;;;;;;;;;;;;;;;;;;;;;;;;;;;;;;;;;+1;4*+2;+3;2*+4/p-26. The largest absolute Gasteiger partial charge is 0 e. The van der Waals surface area contributed by atoms with Crippen LogP contribution in [0.3, 0.4) is 0 Å². The normalized spacial score (nSPS) is 15.6. The van der Waals surface area contributed by atoms with Crippen molar-refractivity contribution in [3.8, 4) is 0 Å². The number of nitrogens with two attached hydrogens (primary N) is 4. The molecule has 0 aromatic carbocycles. The molecule has 0 amide bonds. The monoisotopic (exact) mass is 4630 g/mol. The van der Waals surface area contributed by atoms with E-state index in [2.05, 4.69) is 12.3 Å². The third kappa shape index (κ3) is 288. The minimum Gasteiger partial charge on any atom is 0 e. The summed E-state index contributed by atoms with van der Waals surface area (Å²) < 4.78 is 271. The van der Waals surface area contributed by atoms with Gasteiger partial charge in [-0.3, -0.25) is 0 Å². The second kappa shape index (κ2) is 86.1. The first-order valence-electron chi connectivity index (χ1n) is 11.2. The van der Waals surface area contributed by atoms with Gasteiger partial charge in [-0.2, -0.15) is 39.1 Å². The van der Waals surface area contributed by atoms with E-state index in [-0.39, 0.29) is 373 Å². The van der Waals surface area contributed by atoms with Gasteiger partial charge in [0.15, 0.2) is 0 Å². The van der Waals surface area contributed by atoms with Crippen molar-refractivity contribution in [2.45, 2.75) is 0 Å². The summed E-state index contributed by atoms with van der Waals surface area (Å²) in [5.74, 6) is 0. The van der Waals surface area contributed by atoms with Crippen LogP contribution in [0, 0.1) is 0 Å². The molecule has 90 heteroatoms. The minimum atomic E-state index is -9.98. The van der Waals surface area contributed by atoms with Crippen molar-refractivity contribution >= 4 is 16.3 Å². The van der Waals surface area contributed by atoms with Gasteiger partial charge in [0.2, 0.25) is 0 Å². The van der Waals surface area contributed by atoms with Crippen molar-refractivity contribution in [2.24, 2.45) is 22.9 Å². The molecule has 0 unspecified atom stereocenters. The van der Waals surface area contributed by atoms with Crippen molar-refractivity contribution in [2.75, 3.05) is 26.2 Å². The predicted octanol–water partition coefficient (Wildman–Crippen LogP) is -30.9. The zero-order valence-corrected chi connectivity index (χ0v) is 98.0. The molecule has 1 heterocycles. The Kier molecular flexibility index (Phi) is 246. The van der Waals surface area contributed by atoms with Gasteiger partial charge in [-0.05, 0) is 0 Å². The molecule has 67 nitrogen and oxygen atoms in total. The van der Waals surface area contributed by atoms with Crippen molar-refractivity contribution < 1.29 is 657 Å². The van der Waals surface area contributed by atoms with Gasteiger partial charge in [-0.1, -0.05) is 0 Å². The van der Waals surface area contributed by atoms with Gasteiger partial charge in [-0.15, -0.1) is 0 Å². The van der Waals surface area contributed by atoms with Crippen molar-refractivity contribution in [3.63, 3.8) is 0 Å². The van der Waals surface area contributed by atoms with Crippen LogP contribution in [0.15, 0.2) is 0 Å². The fourth-order valence-corrected chi connectivity index (χ4v) is 123. The molecule has 1 aliphatic heterocycles. The predicted molar refractivity (Wildman–Crippen MR) is 190 cm³/mol. The zero-order valence-electron chi connectivity index (χ0n) is 42.6. The molecule has 0 atom stereocenters. The fourth-order valence-electron chi connectivity index (χ4n) is 1.27. The number of hydrogen-bond donors (Lipinski definition) is 32. The van der Waals surface area contributed by atoms with Gasteiger partial charge in [0.1, 0.15) is 0 Å². The summed E-state index contributed by atoms with van der Waals surface area (Å²) >= 11 is -70.9. The fraction of sp³-hybridized carbons (Fsp3) is 1.00. The molecule has 1 fully saturated rings. The number of hydrogen-bond acceptors (Lipinski definition) is 32. The van der Waals surface area contributed by atoms with Crippen molar-refractivity contribution in [1.29, 1.82) is 0 Å². The van der Waals surface area contributed by atoms with Crippen LogP contribution in [0.2, 0.25) is 0 Å². The molecule has 1 aliphatic rings. The van der Waals surface area contributed by atoms with E-state index in [4.69, 9.17) is 133 Å². The Morgan fingerprint density at radius 2 is 0.426 bits per heavy atom. The molecule has 72 N–H and O–H groups in total. The maximum atomic E-state index is 12.2. The first-order chi connectivity index (χ1) is 24.1. The van der Waals surface area contributed by atoms with E-state index < -0.39 is 147 Å². The molecule has 654 valence electrons. The van der Waals surface area contributed by atoms with Gasteiger partial charge < -0.3 is 138 Å². The SMILES string of the molecule is NCCN.NCCN.O.O.O.O.O.O.O.O.O.O.O.O.O.O.O.O[P+](O)(O)O.O[P+](O)(O)O.[Cu].[Cu].[Cu].[Cu].[OH-].[OH-].[OH-].[OH-].[OH-].[OH-].[O]=[W]([OH])([OH])([OH])[OH].[O]=[W]([OH])([OH])([OH])[OH].[O]=[W]([OH])([OH])([OH])[O][W](=[O])([OH])([OH])[O][W](=[O])([OH])([OH])[O][W]1(=[O])([OH])[O][W](=[O])([OH])([OH])[O][W](=[O])([OH])([OH])[O]1.[W].[W].[W].[W].[W].[W].[W].[W].[W]. The van der Waals surface area contributed by atoms with Gasteiger partial charge in [0, 0.05) is 284 Å². The zero-order chi connectivity index (χ0) is 51.6. The molecule has 1 saturated heterocycles. The molecule has 0 aromatic rings. The molecule has 0 spiro atoms. The van der Waals surface area contributed by atoms with Crippen LogP contribution in [0.25, 0.3) is 0 Å². The molecule has 0 aliphatic carbocycles. The Bertz CT molecular complexity index is 1880. The summed E-state index contributed by atoms with van der Waals surface area (Å²) in [4.78, 5) is 58.4. The summed E-state index contributed by atoms with van der Waals surface area (Å²) in [6, 6.07) is 0. The summed E-state index contributed by atoms with van der Waals surface area (Å²) in [7, 11) is -8.78. The molecule has 94 heavy (non-hydrogen) atoms. The van der Waals surface area contributed by atoms with E-state index in [0.29, 0.717) is 26.2 Å². The summed E-state index contributed by atoms with van der Waals surface area (Å²) in [6.07, 6.45) is 0. The Morgan fingerprint density at radius 1 is 0.309 bits per heavy atom. The van der Waals surface area contributed by atoms with Gasteiger partial charge in [0.05, 0.1) is 0 Å². The van der Waals surface area contributed by atoms with Crippen LogP contribution in [0.5, 0.6) is 0 Å². The minimum absolute atomic E-state index is 0. The van der Waals surface area contributed by atoms with E-state index in [1.807, 2.05) is 0 Å². The second-order valence-electron chi connectivity index (χ2n) is 8.61. The molecule has 0 saturated carbocycles. The van der Waals surface area contributed by atoms with Crippen LogP contribution < -0.4 is 22.9 Å². The van der Waals surface area contributed by atoms with E-state index in [0.717, 1.165) is 0 Å². The first-order valence-corrected chi connectivity index (χ1v) is 64.6. The Morgan fingerprint density at radius 3 is 0.521 bits per heavy atom.